The van der Waals surface area contributed by atoms with Gasteiger partial charge in [-0.2, -0.15) is 11.8 Å². The molecule has 2 aliphatic carbocycles. The summed E-state index contributed by atoms with van der Waals surface area (Å²) in [5.41, 5.74) is 0.679. The molecule has 1 aromatic rings. The van der Waals surface area contributed by atoms with E-state index < -0.39 is 0 Å². The molecule has 0 aliphatic heterocycles. The Bertz CT molecular complexity index is 517. The van der Waals surface area contributed by atoms with Crippen LogP contribution in [0.25, 0.3) is 0 Å². The molecule has 0 radical (unpaired) electrons. The van der Waals surface area contributed by atoms with Gasteiger partial charge in [0.05, 0.1) is 18.1 Å². The Morgan fingerprint density at radius 1 is 1.32 bits per heavy atom. The van der Waals surface area contributed by atoms with Crippen LogP contribution in [-0.4, -0.2) is 45.0 Å². The number of urea groups is 1. The maximum Gasteiger partial charge on any atom is 0.321 e. The Kier molecular flexibility index (Phi) is 4.86. The molecular weight excluding hydrogens is 296 g/mol. The number of carbonyl (C=O) groups is 1. The van der Waals surface area contributed by atoms with E-state index >= 15 is 0 Å². The number of thioether (sulfide) groups is 1. The van der Waals surface area contributed by atoms with Gasteiger partial charge in [-0.05, 0) is 37.9 Å². The zero-order valence-electron chi connectivity index (χ0n) is 13.3. The maximum absolute atomic E-state index is 12.3. The number of anilines is 1. The zero-order chi connectivity index (χ0) is 15.5. The first-order valence-electron chi connectivity index (χ1n) is 8.14. The van der Waals surface area contributed by atoms with E-state index in [-0.39, 0.29) is 6.03 Å². The third kappa shape index (κ3) is 3.72. The molecule has 0 saturated heterocycles. The minimum Gasteiger partial charge on any atom is -0.325 e. The number of nitrogens with zero attached hydrogens (tertiary/aromatic N) is 3. The first-order valence-corrected chi connectivity index (χ1v) is 9.19. The maximum atomic E-state index is 12.3. The number of amides is 2. The van der Waals surface area contributed by atoms with E-state index in [4.69, 9.17) is 0 Å². The van der Waals surface area contributed by atoms with E-state index in [0.29, 0.717) is 22.9 Å². The molecule has 1 heterocycles. The lowest BCUT2D eigenvalue weighted by atomic mass is 10.2. The van der Waals surface area contributed by atoms with Gasteiger partial charge < -0.3 is 10.2 Å². The van der Waals surface area contributed by atoms with E-state index in [9.17, 15) is 4.79 Å². The van der Waals surface area contributed by atoms with Crippen LogP contribution < -0.4 is 5.32 Å². The predicted octanol–water partition coefficient (Wildman–Crippen LogP) is 3.49. The monoisotopic (exact) mass is 320 g/mol. The van der Waals surface area contributed by atoms with Crippen LogP contribution in [0.5, 0.6) is 0 Å². The third-order valence-corrected chi connectivity index (χ3v) is 5.73. The van der Waals surface area contributed by atoms with Crippen molar-refractivity contribution in [2.24, 2.45) is 0 Å². The second-order valence-corrected chi connectivity index (χ2v) is 7.77. The highest BCUT2D eigenvalue weighted by Gasteiger charge is 2.30. The summed E-state index contributed by atoms with van der Waals surface area (Å²) in [5.74, 6) is 2.60. The Labute approximate surface area is 136 Å². The number of nitrogens with one attached hydrogen (secondary N) is 1. The zero-order valence-corrected chi connectivity index (χ0v) is 14.1. The smallest absolute Gasteiger partial charge is 0.321 e. The van der Waals surface area contributed by atoms with Crippen LogP contribution in [0.1, 0.15) is 50.8 Å². The second-order valence-electron chi connectivity index (χ2n) is 6.19. The van der Waals surface area contributed by atoms with Crippen LogP contribution in [0.2, 0.25) is 0 Å². The molecule has 0 unspecified atom stereocenters. The summed E-state index contributed by atoms with van der Waals surface area (Å²) in [6.07, 6.45) is 9.21. The van der Waals surface area contributed by atoms with Gasteiger partial charge in [0, 0.05) is 24.3 Å². The first kappa shape index (κ1) is 15.6. The number of carbonyl (C=O) groups excluding carboxylic acids is 1. The summed E-state index contributed by atoms with van der Waals surface area (Å²) in [7, 11) is 1.89. The Balaban J connectivity index is 1.52. The average Bonchev–Trinajstić information content (AvgIpc) is 3.27. The molecular formula is C16H24N4OS. The minimum atomic E-state index is -0.0603. The topological polar surface area (TPSA) is 58.1 Å². The minimum absolute atomic E-state index is 0.0603. The van der Waals surface area contributed by atoms with Gasteiger partial charge in [-0.25, -0.2) is 14.8 Å². The number of hydrogen-bond donors (Lipinski definition) is 1. The molecule has 1 N–H and O–H groups in total. The van der Waals surface area contributed by atoms with E-state index in [0.717, 1.165) is 24.4 Å². The van der Waals surface area contributed by atoms with Gasteiger partial charge in [-0.1, -0.05) is 6.92 Å². The number of rotatable bonds is 5. The molecule has 0 bridgehead atoms. The van der Waals surface area contributed by atoms with Gasteiger partial charge in [0.15, 0.2) is 0 Å². The highest BCUT2D eigenvalue weighted by atomic mass is 32.2. The van der Waals surface area contributed by atoms with Crippen LogP contribution in [-0.2, 0) is 0 Å². The lowest BCUT2D eigenvalue weighted by Crippen LogP contribution is -2.38. The van der Waals surface area contributed by atoms with Crippen molar-refractivity contribution in [3.8, 4) is 0 Å². The molecule has 5 nitrogen and oxygen atoms in total. The summed E-state index contributed by atoms with van der Waals surface area (Å²) < 4.78 is 0. The van der Waals surface area contributed by atoms with Gasteiger partial charge in [-0.3, -0.25) is 0 Å². The van der Waals surface area contributed by atoms with Gasteiger partial charge in [0.25, 0.3) is 0 Å². The SMILES string of the molecule is CCS[C@@H]1CC[C@@H](N(C)C(=O)Nc2cnc(C3CC3)nc2)C1. The summed E-state index contributed by atoms with van der Waals surface area (Å²) in [6.45, 7) is 2.19. The van der Waals surface area contributed by atoms with E-state index in [1.165, 1.54) is 19.3 Å². The number of hydrogen-bond acceptors (Lipinski definition) is 4. The van der Waals surface area contributed by atoms with Crippen LogP contribution in [0, 0.1) is 0 Å². The summed E-state index contributed by atoms with van der Waals surface area (Å²) in [4.78, 5) is 22.9. The normalized spacial score (nSPS) is 24.3. The quantitative estimate of drug-likeness (QED) is 0.902. The fourth-order valence-electron chi connectivity index (χ4n) is 2.99. The molecule has 0 aromatic carbocycles. The second kappa shape index (κ2) is 6.86. The Hall–Kier alpha value is -1.30. The molecule has 2 amide bonds. The molecule has 2 aliphatic rings. The molecule has 3 rings (SSSR count). The largest absolute Gasteiger partial charge is 0.325 e. The van der Waals surface area contributed by atoms with Gasteiger partial charge in [0.2, 0.25) is 0 Å². The number of aromatic nitrogens is 2. The van der Waals surface area contributed by atoms with E-state index in [1.807, 2.05) is 23.7 Å². The van der Waals surface area contributed by atoms with Gasteiger partial charge >= 0.3 is 6.03 Å². The molecule has 0 spiro atoms. The molecule has 22 heavy (non-hydrogen) atoms. The van der Waals surface area contributed by atoms with Gasteiger partial charge in [0.1, 0.15) is 5.82 Å². The van der Waals surface area contributed by atoms with Crippen molar-refractivity contribution in [1.29, 1.82) is 0 Å². The summed E-state index contributed by atoms with van der Waals surface area (Å²) in [5, 5.41) is 3.61. The van der Waals surface area contributed by atoms with Crippen molar-refractivity contribution < 1.29 is 4.79 Å². The lowest BCUT2D eigenvalue weighted by molar-refractivity contribution is 0.205. The van der Waals surface area contributed by atoms with E-state index in [2.05, 4.69) is 22.2 Å². The molecule has 6 heteroatoms. The summed E-state index contributed by atoms with van der Waals surface area (Å²) >= 11 is 2.01. The van der Waals surface area contributed by atoms with Crippen LogP contribution >= 0.6 is 11.8 Å². The highest BCUT2D eigenvalue weighted by Crippen LogP contribution is 2.37. The van der Waals surface area contributed by atoms with Crippen LogP contribution in [0.3, 0.4) is 0 Å². The Morgan fingerprint density at radius 3 is 2.68 bits per heavy atom. The Morgan fingerprint density at radius 2 is 2.05 bits per heavy atom. The first-order chi connectivity index (χ1) is 10.7. The van der Waals surface area contributed by atoms with E-state index in [1.54, 1.807) is 12.4 Å². The van der Waals surface area contributed by atoms with Crippen molar-refractivity contribution in [3.05, 3.63) is 18.2 Å². The van der Waals surface area contributed by atoms with Crippen LogP contribution in [0.4, 0.5) is 10.5 Å². The molecule has 2 saturated carbocycles. The lowest BCUT2D eigenvalue weighted by Gasteiger charge is -2.24. The molecule has 2 fully saturated rings. The molecule has 1 aromatic heterocycles. The van der Waals surface area contributed by atoms with Crippen molar-refractivity contribution in [2.45, 2.75) is 56.2 Å². The van der Waals surface area contributed by atoms with Gasteiger partial charge in [-0.15, -0.1) is 0 Å². The third-order valence-electron chi connectivity index (χ3n) is 4.49. The highest BCUT2D eigenvalue weighted by molar-refractivity contribution is 7.99. The molecule has 2 atom stereocenters. The fourth-order valence-corrected chi connectivity index (χ4v) is 4.12. The van der Waals surface area contributed by atoms with Crippen molar-refractivity contribution in [3.63, 3.8) is 0 Å². The van der Waals surface area contributed by atoms with Crippen molar-refractivity contribution in [1.82, 2.24) is 14.9 Å². The average molecular weight is 320 g/mol. The molecule has 120 valence electrons. The summed E-state index contributed by atoms with van der Waals surface area (Å²) in [6, 6.07) is 0.283. The van der Waals surface area contributed by atoms with Crippen molar-refractivity contribution in [2.75, 3.05) is 18.1 Å². The fraction of sp³-hybridized carbons (Fsp3) is 0.688. The van der Waals surface area contributed by atoms with Crippen LogP contribution in [0.15, 0.2) is 12.4 Å². The standard InChI is InChI=1S/C16H24N4OS/c1-3-22-14-7-6-13(8-14)20(2)16(21)19-12-9-17-15(18-10-12)11-4-5-11/h9-11,13-14H,3-8H2,1-2H3,(H,19,21)/t13-,14-/m1/s1. The predicted molar refractivity (Wildman–Crippen MR) is 90.3 cm³/mol. The van der Waals surface area contributed by atoms with Crippen molar-refractivity contribution >= 4 is 23.5 Å².